The third kappa shape index (κ3) is 2.95. The van der Waals surface area contributed by atoms with E-state index in [1.807, 2.05) is 11.6 Å². The van der Waals surface area contributed by atoms with Crippen molar-refractivity contribution in [1.29, 1.82) is 0 Å². The van der Waals surface area contributed by atoms with Crippen molar-refractivity contribution in [3.05, 3.63) is 45.3 Å². The fraction of sp³-hybridized carbons (Fsp3) is 0.267. The van der Waals surface area contributed by atoms with Crippen LogP contribution < -0.4 is 0 Å². The minimum atomic E-state index is -4.50. The van der Waals surface area contributed by atoms with E-state index in [1.54, 1.807) is 31.3 Å². The lowest BCUT2D eigenvalue weighted by Gasteiger charge is -2.03. The standard InChI is InChI=1S/C15H13BrF3N5/c1-8-6-10(4-5-12-20-11(16)7-23(12)3)22-24-9(2)13(15(17,18)19)21-14(8)24/h4-7H,1-3H3. The second kappa shape index (κ2) is 5.73. The Morgan fingerprint density at radius 2 is 1.88 bits per heavy atom. The lowest BCUT2D eigenvalue weighted by atomic mass is 10.2. The lowest BCUT2D eigenvalue weighted by molar-refractivity contribution is -0.141. The summed E-state index contributed by atoms with van der Waals surface area (Å²) in [4.78, 5) is 7.95. The van der Waals surface area contributed by atoms with Crippen LogP contribution in [0.5, 0.6) is 0 Å². The summed E-state index contributed by atoms with van der Waals surface area (Å²) in [6.45, 7) is 3.07. The monoisotopic (exact) mass is 399 g/mol. The largest absolute Gasteiger partial charge is 0.435 e. The van der Waals surface area contributed by atoms with Gasteiger partial charge in [0.2, 0.25) is 0 Å². The van der Waals surface area contributed by atoms with E-state index in [9.17, 15) is 13.2 Å². The van der Waals surface area contributed by atoms with Crippen LogP contribution >= 0.6 is 15.9 Å². The Morgan fingerprint density at radius 3 is 2.46 bits per heavy atom. The van der Waals surface area contributed by atoms with Crippen molar-refractivity contribution in [1.82, 2.24) is 24.1 Å². The lowest BCUT2D eigenvalue weighted by Crippen LogP contribution is -2.08. The van der Waals surface area contributed by atoms with Crippen molar-refractivity contribution in [2.45, 2.75) is 20.0 Å². The van der Waals surface area contributed by atoms with E-state index in [1.165, 1.54) is 11.4 Å². The predicted molar refractivity (Wildman–Crippen MR) is 87.3 cm³/mol. The predicted octanol–water partition coefficient (Wildman–Crippen LogP) is 4.03. The molecule has 126 valence electrons. The smallest absolute Gasteiger partial charge is 0.333 e. The fourth-order valence-electron chi connectivity index (χ4n) is 2.41. The van der Waals surface area contributed by atoms with Gasteiger partial charge in [-0.25, -0.2) is 14.5 Å². The molecule has 0 N–H and O–H groups in total. The molecule has 0 saturated carbocycles. The van der Waals surface area contributed by atoms with Gasteiger partial charge in [-0.1, -0.05) is 0 Å². The Bertz CT molecular complexity index is 952. The molecule has 0 unspecified atom stereocenters. The Hall–Kier alpha value is -2.16. The maximum absolute atomic E-state index is 13.0. The molecule has 0 aliphatic heterocycles. The average molecular weight is 400 g/mol. The Labute approximate surface area is 144 Å². The highest BCUT2D eigenvalue weighted by Crippen LogP contribution is 2.31. The topological polar surface area (TPSA) is 48.0 Å². The van der Waals surface area contributed by atoms with Gasteiger partial charge < -0.3 is 4.57 Å². The third-order valence-corrected chi connectivity index (χ3v) is 3.95. The van der Waals surface area contributed by atoms with Crippen LogP contribution in [0, 0.1) is 13.8 Å². The molecule has 3 aromatic heterocycles. The molecule has 9 heteroatoms. The maximum atomic E-state index is 13.0. The Kier molecular flexibility index (Phi) is 3.98. The van der Waals surface area contributed by atoms with E-state index in [2.05, 4.69) is 31.0 Å². The normalized spacial score (nSPS) is 12.6. The van der Waals surface area contributed by atoms with E-state index in [4.69, 9.17) is 0 Å². The van der Waals surface area contributed by atoms with Crippen LogP contribution in [0.1, 0.15) is 28.5 Å². The highest BCUT2D eigenvalue weighted by atomic mass is 79.9. The van der Waals surface area contributed by atoms with Crippen LogP contribution in [-0.2, 0) is 13.2 Å². The molecule has 24 heavy (non-hydrogen) atoms. The van der Waals surface area contributed by atoms with Gasteiger partial charge in [0.05, 0.1) is 11.4 Å². The first-order valence-electron chi connectivity index (χ1n) is 6.98. The average Bonchev–Trinajstić information content (AvgIpc) is 2.97. The van der Waals surface area contributed by atoms with Gasteiger partial charge in [0.15, 0.2) is 11.3 Å². The van der Waals surface area contributed by atoms with Gasteiger partial charge >= 0.3 is 6.18 Å². The Morgan fingerprint density at radius 1 is 1.17 bits per heavy atom. The van der Waals surface area contributed by atoms with Gasteiger partial charge in [-0.05, 0) is 53.6 Å². The number of halogens is 4. The zero-order valence-corrected chi connectivity index (χ0v) is 14.6. The van der Waals surface area contributed by atoms with Crippen LogP contribution in [0.2, 0.25) is 0 Å². The van der Waals surface area contributed by atoms with E-state index >= 15 is 0 Å². The summed E-state index contributed by atoms with van der Waals surface area (Å²) in [6, 6.07) is 1.69. The van der Waals surface area contributed by atoms with Gasteiger partial charge in [0.25, 0.3) is 0 Å². The minimum absolute atomic E-state index is 0.0319. The van der Waals surface area contributed by atoms with Gasteiger partial charge in [0, 0.05) is 13.2 Å². The van der Waals surface area contributed by atoms with Crippen LogP contribution in [-0.4, -0.2) is 24.1 Å². The molecule has 0 bridgehead atoms. The molecule has 0 radical (unpaired) electrons. The van der Waals surface area contributed by atoms with Crippen LogP contribution in [0.3, 0.4) is 0 Å². The summed E-state index contributed by atoms with van der Waals surface area (Å²) in [5, 5.41) is 4.24. The van der Waals surface area contributed by atoms with E-state index in [0.29, 0.717) is 21.7 Å². The number of nitrogens with zero attached hydrogens (tertiary/aromatic N) is 5. The zero-order chi connectivity index (χ0) is 17.6. The molecule has 3 aromatic rings. The van der Waals surface area contributed by atoms with Gasteiger partial charge in [-0.2, -0.15) is 18.3 Å². The summed E-state index contributed by atoms with van der Waals surface area (Å²) < 4.78 is 42.7. The number of alkyl halides is 3. The highest BCUT2D eigenvalue weighted by molar-refractivity contribution is 9.10. The summed E-state index contributed by atoms with van der Waals surface area (Å²) in [6.07, 6.45) is 0.750. The molecule has 0 spiro atoms. The first-order valence-corrected chi connectivity index (χ1v) is 7.77. The molecular weight excluding hydrogens is 387 g/mol. The molecule has 5 nitrogen and oxygen atoms in total. The van der Waals surface area contributed by atoms with E-state index < -0.39 is 11.9 Å². The molecule has 0 aliphatic rings. The second-order valence-corrected chi connectivity index (χ2v) is 6.21. The fourth-order valence-corrected chi connectivity index (χ4v) is 2.90. The zero-order valence-electron chi connectivity index (χ0n) is 13.1. The molecule has 0 atom stereocenters. The summed E-state index contributed by atoms with van der Waals surface area (Å²) in [7, 11) is 1.84. The van der Waals surface area contributed by atoms with Crippen LogP contribution in [0.25, 0.3) is 17.8 Å². The number of hydrogen-bond acceptors (Lipinski definition) is 3. The SMILES string of the molecule is Cc1cc(C=Cc2nc(Br)cn2C)nn2c(C)c(C(F)(F)F)nc12. The van der Waals surface area contributed by atoms with Crippen LogP contribution in [0.15, 0.2) is 16.9 Å². The molecule has 3 rings (SSSR count). The second-order valence-electron chi connectivity index (χ2n) is 5.40. The molecule has 0 aliphatic carbocycles. The van der Waals surface area contributed by atoms with Crippen molar-refractivity contribution >= 4 is 33.7 Å². The number of fused-ring (bicyclic) bond motifs is 1. The molecule has 0 amide bonds. The number of hydrogen-bond donors (Lipinski definition) is 0. The molecule has 0 aromatic carbocycles. The van der Waals surface area contributed by atoms with Crippen LogP contribution in [0.4, 0.5) is 13.2 Å². The maximum Gasteiger partial charge on any atom is 0.435 e. The molecule has 0 fully saturated rings. The minimum Gasteiger partial charge on any atom is -0.333 e. The van der Waals surface area contributed by atoms with Gasteiger partial charge in [-0.15, -0.1) is 0 Å². The third-order valence-electron chi connectivity index (χ3n) is 3.57. The molecule has 3 heterocycles. The van der Waals surface area contributed by atoms with Crippen molar-refractivity contribution < 1.29 is 13.2 Å². The number of rotatable bonds is 2. The summed E-state index contributed by atoms with van der Waals surface area (Å²) >= 11 is 3.28. The van der Waals surface area contributed by atoms with Gasteiger partial charge in [-0.3, -0.25) is 0 Å². The first kappa shape index (κ1) is 16.7. The number of imidazole rings is 2. The number of aromatic nitrogens is 5. The molecule has 0 saturated heterocycles. The molecular formula is C15H13BrF3N5. The summed E-state index contributed by atoms with van der Waals surface area (Å²) in [5.41, 5.74) is 0.400. The highest BCUT2D eigenvalue weighted by Gasteiger charge is 2.37. The quantitative estimate of drug-likeness (QED) is 0.653. The van der Waals surface area contributed by atoms with Crippen molar-refractivity contribution in [2.75, 3.05) is 0 Å². The van der Waals surface area contributed by atoms with Gasteiger partial charge in [0.1, 0.15) is 10.4 Å². The van der Waals surface area contributed by atoms with Crippen molar-refractivity contribution in [3.8, 4) is 0 Å². The summed E-state index contributed by atoms with van der Waals surface area (Å²) in [5.74, 6) is 0.694. The first-order chi connectivity index (χ1) is 11.2. The van der Waals surface area contributed by atoms with E-state index in [0.717, 1.165) is 0 Å². The Balaban J connectivity index is 2.07. The van der Waals surface area contributed by atoms with E-state index in [-0.39, 0.29) is 11.3 Å². The van der Waals surface area contributed by atoms with Crippen molar-refractivity contribution in [3.63, 3.8) is 0 Å². The van der Waals surface area contributed by atoms with Crippen molar-refractivity contribution in [2.24, 2.45) is 7.05 Å². The number of aryl methyl sites for hydroxylation is 3.